The van der Waals surface area contributed by atoms with Gasteiger partial charge in [-0.25, -0.2) is 8.78 Å². The van der Waals surface area contributed by atoms with Crippen LogP contribution in [0.3, 0.4) is 0 Å². The molecule has 2 fully saturated rings. The van der Waals surface area contributed by atoms with Gasteiger partial charge in [0.1, 0.15) is 5.69 Å². The summed E-state index contributed by atoms with van der Waals surface area (Å²) in [5.41, 5.74) is 6.77. The molecule has 0 aliphatic heterocycles. The van der Waals surface area contributed by atoms with Gasteiger partial charge >= 0.3 is 11.9 Å². The number of carbonyl (C=O) groups excluding carboxylic acids is 2. The van der Waals surface area contributed by atoms with E-state index in [4.69, 9.17) is 24.7 Å². The maximum atomic E-state index is 13.6. The molecule has 0 bridgehead atoms. The minimum absolute atomic E-state index is 0.0252. The maximum Gasteiger partial charge on any atom is 0.308 e. The molecule has 2 saturated carbocycles. The Morgan fingerprint density at radius 1 is 0.761 bits per heavy atom. The van der Waals surface area contributed by atoms with Crippen LogP contribution in [0.5, 0.6) is 11.5 Å². The zero-order valence-corrected chi connectivity index (χ0v) is 26.7. The van der Waals surface area contributed by atoms with Gasteiger partial charge in [0.2, 0.25) is 0 Å². The summed E-state index contributed by atoms with van der Waals surface area (Å²) in [5.74, 6) is -0.679. The Kier molecular flexibility index (Phi) is 13.6. The van der Waals surface area contributed by atoms with Gasteiger partial charge in [0, 0.05) is 31.3 Å². The van der Waals surface area contributed by atoms with E-state index in [-0.39, 0.29) is 46.6 Å². The largest absolute Gasteiger partial charge is 0.494 e. The summed E-state index contributed by atoms with van der Waals surface area (Å²) in [5, 5.41) is 17.4. The van der Waals surface area contributed by atoms with Crippen molar-refractivity contribution in [2.45, 2.75) is 51.4 Å². The predicted molar refractivity (Wildman–Crippen MR) is 169 cm³/mol. The van der Waals surface area contributed by atoms with Crippen molar-refractivity contribution in [2.75, 3.05) is 57.9 Å². The van der Waals surface area contributed by atoms with Crippen LogP contribution in [0.2, 0.25) is 0 Å². The van der Waals surface area contributed by atoms with Gasteiger partial charge in [0.25, 0.3) is 5.69 Å². The normalized spacial score (nSPS) is 20.7. The number of carbonyl (C=O) groups is 2. The minimum Gasteiger partial charge on any atom is -0.494 e. The number of hydrogen-bond donors (Lipinski definition) is 3. The summed E-state index contributed by atoms with van der Waals surface area (Å²) in [6.07, 6.45) is 6.78. The average molecular weight is 651 g/mol. The van der Waals surface area contributed by atoms with Crippen LogP contribution in [-0.2, 0) is 19.1 Å². The maximum absolute atomic E-state index is 13.6. The van der Waals surface area contributed by atoms with Gasteiger partial charge in [-0.05, 0) is 63.2 Å². The first-order valence-electron chi connectivity index (χ1n) is 15.3. The summed E-state index contributed by atoms with van der Waals surface area (Å²) in [4.78, 5) is 33.5. The molecule has 14 heteroatoms. The fraction of sp³-hybridized carbons (Fsp3) is 0.562. The number of nitrogen functional groups attached to an aromatic ring is 1. The zero-order valence-electron chi connectivity index (χ0n) is 26.7. The van der Waals surface area contributed by atoms with Crippen molar-refractivity contribution < 1.29 is 42.2 Å². The molecule has 0 radical (unpaired) electrons. The van der Waals surface area contributed by atoms with Crippen LogP contribution in [0, 0.1) is 45.4 Å². The van der Waals surface area contributed by atoms with Crippen LogP contribution in [0.1, 0.15) is 51.4 Å². The van der Waals surface area contributed by atoms with E-state index in [9.17, 15) is 28.5 Å². The van der Waals surface area contributed by atoms with E-state index in [1.165, 1.54) is 40.6 Å². The Morgan fingerprint density at radius 2 is 1.17 bits per heavy atom. The number of nitrogens with two attached hydrogens (primary N) is 1. The van der Waals surface area contributed by atoms with Crippen LogP contribution in [-0.4, -0.2) is 58.4 Å². The topological polar surface area (TPSA) is 164 Å². The summed E-state index contributed by atoms with van der Waals surface area (Å²) in [6.45, 7) is 1.26. The fourth-order valence-electron chi connectivity index (χ4n) is 5.92. The number of rotatable bonds is 11. The Balaban J connectivity index is 0.000000251. The molecule has 2 aliphatic carbocycles. The van der Waals surface area contributed by atoms with Gasteiger partial charge in [-0.15, -0.1) is 0 Å². The number of hydrogen-bond acceptors (Lipinski definition) is 11. The van der Waals surface area contributed by atoms with E-state index in [1.807, 2.05) is 0 Å². The van der Waals surface area contributed by atoms with Crippen molar-refractivity contribution >= 4 is 34.7 Å². The third-order valence-corrected chi connectivity index (χ3v) is 8.72. The van der Waals surface area contributed by atoms with Crippen LogP contribution in [0.15, 0.2) is 24.3 Å². The van der Waals surface area contributed by atoms with Crippen LogP contribution in [0.25, 0.3) is 0 Å². The molecule has 0 amide bonds. The monoisotopic (exact) mass is 650 g/mol. The van der Waals surface area contributed by atoms with E-state index < -0.39 is 16.6 Å². The third-order valence-electron chi connectivity index (χ3n) is 8.72. The number of halogens is 2. The van der Waals surface area contributed by atoms with Crippen LogP contribution < -0.4 is 25.8 Å². The average Bonchev–Trinajstić information content (AvgIpc) is 3.07. The van der Waals surface area contributed by atoms with E-state index >= 15 is 0 Å². The van der Waals surface area contributed by atoms with Gasteiger partial charge in [0.15, 0.2) is 23.1 Å². The molecule has 2 aromatic rings. The minimum atomic E-state index is -0.770. The second-order valence-corrected chi connectivity index (χ2v) is 11.6. The van der Waals surface area contributed by atoms with Crippen molar-refractivity contribution in [1.82, 2.24) is 0 Å². The molecule has 0 unspecified atom stereocenters. The smallest absolute Gasteiger partial charge is 0.308 e. The standard InChI is InChI=1S/C16H21FN2O5.C16H23FN2O3/c1-23-15-8-13(14(19(21)22)7-12(15)17)18-9-10-3-5-11(6-4-10)16(20)24-2;1-21-15-8-14(13(18)7-12(15)17)19-9-10-3-5-11(6-4-10)16(20)22-2/h7-8,10-11,18H,3-6,9H2,1-2H3;7-8,10-11,19H,3-6,9,18H2,1-2H3. The molecular weight excluding hydrogens is 606 g/mol. The number of nitro benzene ring substituents is 1. The number of nitrogens with one attached hydrogen (secondary N) is 2. The number of nitro groups is 1. The Morgan fingerprint density at radius 3 is 1.59 bits per heavy atom. The SMILES string of the molecule is COC(=O)C1CCC(CNc2cc(OC)c(F)cc2N)CC1.COC(=O)C1CCC(CNc2cc(OC)c(F)cc2[N+](=O)[O-])CC1. The summed E-state index contributed by atoms with van der Waals surface area (Å²) in [6, 6.07) is 4.99. The Bertz CT molecular complexity index is 1350. The highest BCUT2D eigenvalue weighted by Crippen LogP contribution is 2.35. The van der Waals surface area contributed by atoms with Crippen molar-refractivity contribution in [3.8, 4) is 11.5 Å². The van der Waals surface area contributed by atoms with Crippen LogP contribution in [0.4, 0.5) is 31.5 Å². The van der Waals surface area contributed by atoms with Crippen LogP contribution >= 0.6 is 0 Å². The first-order chi connectivity index (χ1) is 22.0. The van der Waals surface area contributed by atoms with Crippen molar-refractivity contribution in [2.24, 2.45) is 23.7 Å². The van der Waals surface area contributed by atoms with Gasteiger partial charge in [-0.3, -0.25) is 19.7 Å². The molecule has 0 atom stereocenters. The first kappa shape index (κ1) is 36.1. The number of methoxy groups -OCH3 is 4. The van der Waals surface area contributed by atoms with E-state index in [0.29, 0.717) is 29.8 Å². The Labute approximate surface area is 267 Å². The van der Waals surface area contributed by atoms with Gasteiger partial charge in [-0.1, -0.05) is 0 Å². The molecule has 0 saturated heterocycles. The summed E-state index contributed by atoms with van der Waals surface area (Å²) < 4.78 is 46.5. The lowest BCUT2D eigenvalue weighted by atomic mass is 9.82. The number of anilines is 3. The quantitative estimate of drug-likeness (QED) is 0.114. The predicted octanol–water partition coefficient (Wildman–Crippen LogP) is 5.94. The number of benzene rings is 2. The molecule has 2 aromatic carbocycles. The molecule has 2 aliphatic rings. The molecule has 0 spiro atoms. The number of ether oxygens (including phenoxy) is 4. The Hall–Kier alpha value is -4.36. The highest BCUT2D eigenvalue weighted by atomic mass is 19.1. The van der Waals surface area contributed by atoms with E-state index in [2.05, 4.69) is 10.6 Å². The van der Waals surface area contributed by atoms with E-state index in [1.54, 1.807) is 6.07 Å². The van der Waals surface area contributed by atoms with Crippen molar-refractivity contribution in [1.29, 1.82) is 0 Å². The van der Waals surface area contributed by atoms with E-state index in [0.717, 1.165) is 64.0 Å². The lowest BCUT2D eigenvalue weighted by Crippen LogP contribution is -2.26. The summed E-state index contributed by atoms with van der Waals surface area (Å²) in [7, 11) is 5.55. The molecule has 4 rings (SSSR count). The molecule has 12 nitrogen and oxygen atoms in total. The van der Waals surface area contributed by atoms with Gasteiger partial charge in [0.05, 0.1) is 62.6 Å². The number of nitrogens with zero attached hydrogens (tertiary/aromatic N) is 1. The first-order valence-corrected chi connectivity index (χ1v) is 15.3. The lowest BCUT2D eigenvalue weighted by molar-refractivity contribution is -0.384. The molecule has 46 heavy (non-hydrogen) atoms. The second-order valence-electron chi connectivity index (χ2n) is 11.6. The third kappa shape index (κ3) is 9.82. The van der Waals surface area contributed by atoms with Crippen molar-refractivity contribution in [3.05, 3.63) is 46.0 Å². The zero-order chi connectivity index (χ0) is 33.8. The summed E-state index contributed by atoms with van der Waals surface area (Å²) >= 11 is 0. The molecular formula is C32H44F2N4O8. The van der Waals surface area contributed by atoms with Gasteiger partial charge < -0.3 is 35.3 Å². The second kappa shape index (κ2) is 17.4. The molecule has 254 valence electrons. The fourth-order valence-corrected chi connectivity index (χ4v) is 5.92. The van der Waals surface area contributed by atoms with Crippen molar-refractivity contribution in [3.63, 3.8) is 0 Å². The molecule has 0 heterocycles. The molecule has 4 N–H and O–H groups in total. The lowest BCUT2D eigenvalue weighted by Gasteiger charge is -2.27. The highest BCUT2D eigenvalue weighted by molar-refractivity contribution is 5.73. The van der Waals surface area contributed by atoms with Gasteiger partial charge in [-0.2, -0.15) is 0 Å². The number of esters is 2. The highest BCUT2D eigenvalue weighted by Gasteiger charge is 2.28. The molecule has 0 aromatic heterocycles.